The normalized spacial score (nSPS) is 10.8. The molecule has 0 bridgehead atoms. The van der Waals surface area contributed by atoms with E-state index in [0.29, 0.717) is 29.0 Å². The van der Waals surface area contributed by atoms with Gasteiger partial charge in [0.2, 0.25) is 17.6 Å². The molecule has 1 heterocycles. The second-order valence-electron chi connectivity index (χ2n) is 5.97. The van der Waals surface area contributed by atoms with Crippen molar-refractivity contribution in [3.8, 4) is 17.1 Å². The maximum Gasteiger partial charge on any atom is 0.241 e. The van der Waals surface area contributed by atoms with Crippen LogP contribution in [0.4, 0.5) is 5.69 Å². The van der Waals surface area contributed by atoms with Crippen LogP contribution in [0.15, 0.2) is 53.1 Å². The lowest BCUT2D eigenvalue weighted by molar-refractivity contribution is -0.117. The van der Waals surface area contributed by atoms with E-state index in [1.807, 2.05) is 24.3 Å². The monoisotopic (exact) mass is 386 g/mol. The highest BCUT2D eigenvalue weighted by Gasteiger charge is 2.13. The minimum absolute atomic E-state index is 0.144. The van der Waals surface area contributed by atoms with Crippen molar-refractivity contribution in [1.82, 2.24) is 15.0 Å². The molecule has 0 aliphatic heterocycles. The molecule has 0 aliphatic carbocycles. The van der Waals surface area contributed by atoms with Gasteiger partial charge in [0.05, 0.1) is 20.2 Å². The number of carbonyl (C=O) groups excluding carboxylic acids is 1. The average Bonchev–Trinajstić information content (AvgIpc) is 3.12. The fraction of sp³-hybridized carbons (Fsp3) is 0.211. The Kier molecular flexibility index (Phi) is 6.05. The van der Waals surface area contributed by atoms with Gasteiger partial charge in [-0.05, 0) is 55.6 Å². The first-order valence-electron chi connectivity index (χ1n) is 8.24. The number of hydrogen-bond acceptors (Lipinski definition) is 6. The SMILES string of the molecule is COc1ccc(-c2noc(CN(C)CC(=O)Nc3ccc(Cl)cc3)n2)cc1. The lowest BCUT2D eigenvalue weighted by atomic mass is 10.2. The number of halogens is 1. The summed E-state index contributed by atoms with van der Waals surface area (Å²) in [5.74, 6) is 1.54. The highest BCUT2D eigenvalue weighted by Crippen LogP contribution is 2.20. The molecule has 3 rings (SSSR count). The van der Waals surface area contributed by atoms with Crippen LogP contribution in [0.5, 0.6) is 5.75 Å². The second-order valence-corrected chi connectivity index (χ2v) is 6.40. The molecule has 7 nitrogen and oxygen atoms in total. The van der Waals surface area contributed by atoms with Crippen LogP contribution in [0.2, 0.25) is 5.02 Å². The van der Waals surface area contributed by atoms with Gasteiger partial charge in [0.1, 0.15) is 5.75 Å². The molecule has 0 fully saturated rings. The van der Waals surface area contributed by atoms with Crippen molar-refractivity contribution in [2.24, 2.45) is 0 Å². The molecule has 0 saturated heterocycles. The Hall–Kier alpha value is -2.90. The third-order valence-electron chi connectivity index (χ3n) is 3.76. The molecule has 140 valence electrons. The predicted molar refractivity (Wildman–Crippen MR) is 103 cm³/mol. The first kappa shape index (κ1) is 18.9. The maximum atomic E-state index is 12.1. The summed E-state index contributed by atoms with van der Waals surface area (Å²) < 4.78 is 10.4. The lowest BCUT2D eigenvalue weighted by Gasteiger charge is -2.13. The van der Waals surface area contributed by atoms with Gasteiger partial charge in [0.25, 0.3) is 0 Å². The van der Waals surface area contributed by atoms with Gasteiger partial charge in [-0.2, -0.15) is 4.98 Å². The number of nitrogens with zero attached hydrogens (tertiary/aromatic N) is 3. The zero-order valence-corrected chi connectivity index (χ0v) is 15.7. The maximum absolute atomic E-state index is 12.1. The summed E-state index contributed by atoms with van der Waals surface area (Å²) >= 11 is 5.83. The minimum Gasteiger partial charge on any atom is -0.497 e. The Morgan fingerprint density at radius 1 is 1.19 bits per heavy atom. The largest absolute Gasteiger partial charge is 0.497 e. The van der Waals surface area contributed by atoms with Crippen molar-refractivity contribution < 1.29 is 14.1 Å². The second kappa shape index (κ2) is 8.66. The number of ether oxygens (including phenoxy) is 1. The van der Waals surface area contributed by atoms with Crippen LogP contribution in [0, 0.1) is 0 Å². The van der Waals surface area contributed by atoms with Gasteiger partial charge in [0.15, 0.2) is 0 Å². The van der Waals surface area contributed by atoms with E-state index in [1.165, 1.54) is 0 Å². The molecule has 1 aromatic heterocycles. The van der Waals surface area contributed by atoms with Crippen molar-refractivity contribution in [2.75, 3.05) is 26.0 Å². The number of nitrogens with one attached hydrogen (secondary N) is 1. The van der Waals surface area contributed by atoms with E-state index in [1.54, 1.807) is 43.3 Å². The minimum atomic E-state index is -0.144. The first-order chi connectivity index (χ1) is 13.0. The molecule has 0 unspecified atom stereocenters. The number of hydrogen-bond donors (Lipinski definition) is 1. The third-order valence-corrected chi connectivity index (χ3v) is 4.01. The quantitative estimate of drug-likeness (QED) is 0.669. The van der Waals surface area contributed by atoms with Crippen LogP contribution in [0.1, 0.15) is 5.89 Å². The van der Waals surface area contributed by atoms with Crippen molar-refractivity contribution in [3.05, 3.63) is 59.4 Å². The number of aromatic nitrogens is 2. The summed E-state index contributed by atoms with van der Waals surface area (Å²) in [5, 5.41) is 7.41. The lowest BCUT2D eigenvalue weighted by Crippen LogP contribution is -2.29. The van der Waals surface area contributed by atoms with Gasteiger partial charge in [-0.3, -0.25) is 9.69 Å². The average molecular weight is 387 g/mol. The highest BCUT2D eigenvalue weighted by atomic mass is 35.5. The van der Waals surface area contributed by atoms with Crippen LogP contribution in [-0.2, 0) is 11.3 Å². The molecular weight excluding hydrogens is 368 g/mol. The van der Waals surface area contributed by atoms with Crippen LogP contribution >= 0.6 is 11.6 Å². The van der Waals surface area contributed by atoms with E-state index in [0.717, 1.165) is 11.3 Å². The number of anilines is 1. The van der Waals surface area contributed by atoms with Gasteiger partial charge in [-0.25, -0.2) is 0 Å². The fourth-order valence-electron chi connectivity index (χ4n) is 2.44. The zero-order chi connectivity index (χ0) is 19.2. The number of amides is 1. The molecular formula is C19H19ClN4O3. The van der Waals surface area contributed by atoms with E-state index < -0.39 is 0 Å². The van der Waals surface area contributed by atoms with Crippen molar-refractivity contribution in [2.45, 2.75) is 6.54 Å². The van der Waals surface area contributed by atoms with Gasteiger partial charge in [-0.1, -0.05) is 16.8 Å². The molecule has 0 saturated carbocycles. The number of methoxy groups -OCH3 is 1. The van der Waals surface area contributed by atoms with Crippen LogP contribution in [-0.4, -0.2) is 41.6 Å². The van der Waals surface area contributed by atoms with Gasteiger partial charge >= 0.3 is 0 Å². The number of rotatable bonds is 7. The molecule has 27 heavy (non-hydrogen) atoms. The van der Waals surface area contributed by atoms with Crippen molar-refractivity contribution >= 4 is 23.2 Å². The molecule has 3 aromatic rings. The van der Waals surface area contributed by atoms with Crippen molar-refractivity contribution in [3.63, 3.8) is 0 Å². The molecule has 1 N–H and O–H groups in total. The van der Waals surface area contributed by atoms with Gasteiger partial charge in [0, 0.05) is 16.3 Å². The Bertz CT molecular complexity index is 894. The molecule has 8 heteroatoms. The zero-order valence-electron chi connectivity index (χ0n) is 15.0. The van der Waals surface area contributed by atoms with Crippen LogP contribution in [0.3, 0.4) is 0 Å². The highest BCUT2D eigenvalue weighted by molar-refractivity contribution is 6.30. The first-order valence-corrected chi connectivity index (χ1v) is 8.62. The molecule has 0 spiro atoms. The molecule has 0 radical (unpaired) electrons. The van der Waals surface area contributed by atoms with Crippen LogP contribution < -0.4 is 10.1 Å². The van der Waals surface area contributed by atoms with Gasteiger partial charge < -0.3 is 14.6 Å². The van der Waals surface area contributed by atoms with Gasteiger partial charge in [-0.15, -0.1) is 0 Å². The summed E-state index contributed by atoms with van der Waals surface area (Å²) in [6, 6.07) is 14.3. The third kappa shape index (κ3) is 5.29. The number of likely N-dealkylation sites (N-methyl/N-ethyl adjacent to an activating group) is 1. The Labute approximate surface area is 161 Å². The Morgan fingerprint density at radius 3 is 2.56 bits per heavy atom. The standard InChI is InChI=1S/C19H19ClN4O3/c1-24(11-17(25)21-15-7-5-14(20)6-8-15)12-18-22-19(23-27-18)13-3-9-16(26-2)10-4-13/h3-10H,11-12H2,1-2H3,(H,21,25). The summed E-state index contributed by atoms with van der Waals surface area (Å²) in [7, 11) is 3.42. The number of carbonyl (C=O) groups is 1. The van der Waals surface area contributed by atoms with E-state index in [4.69, 9.17) is 20.9 Å². The molecule has 0 aliphatic rings. The summed E-state index contributed by atoms with van der Waals surface area (Å²) in [5.41, 5.74) is 1.52. The summed E-state index contributed by atoms with van der Waals surface area (Å²) in [6.07, 6.45) is 0. The summed E-state index contributed by atoms with van der Waals surface area (Å²) in [6.45, 7) is 0.542. The predicted octanol–water partition coefficient (Wildman–Crippen LogP) is 3.47. The molecule has 1 amide bonds. The topological polar surface area (TPSA) is 80.5 Å². The molecule has 2 aromatic carbocycles. The van der Waals surface area contributed by atoms with E-state index in [2.05, 4.69) is 15.5 Å². The van der Waals surface area contributed by atoms with E-state index in [-0.39, 0.29) is 12.5 Å². The summed E-state index contributed by atoms with van der Waals surface area (Å²) in [4.78, 5) is 18.3. The number of benzene rings is 2. The van der Waals surface area contributed by atoms with Crippen LogP contribution in [0.25, 0.3) is 11.4 Å². The van der Waals surface area contributed by atoms with E-state index in [9.17, 15) is 4.79 Å². The Balaban J connectivity index is 1.54. The smallest absolute Gasteiger partial charge is 0.241 e. The molecule has 0 atom stereocenters. The fourth-order valence-corrected chi connectivity index (χ4v) is 2.57. The van der Waals surface area contributed by atoms with E-state index >= 15 is 0 Å². The van der Waals surface area contributed by atoms with Crippen molar-refractivity contribution in [1.29, 1.82) is 0 Å². The Morgan fingerprint density at radius 2 is 1.89 bits per heavy atom.